The lowest BCUT2D eigenvalue weighted by atomic mass is 9.78. The second-order valence-electron chi connectivity index (χ2n) is 6.55. The molecule has 0 atom stereocenters. The number of methoxy groups -OCH3 is 1. The largest absolute Gasteiger partial charge is 0.498 e. The van der Waals surface area contributed by atoms with Gasteiger partial charge in [0.2, 0.25) is 10.0 Å². The molecule has 0 unspecified atom stereocenters. The summed E-state index contributed by atoms with van der Waals surface area (Å²) >= 11 is 0. The summed E-state index contributed by atoms with van der Waals surface area (Å²) in [7, 11) is -2.37. The predicted molar refractivity (Wildman–Crippen MR) is 91.8 cm³/mol. The van der Waals surface area contributed by atoms with Gasteiger partial charge in [-0.2, -0.15) is 0 Å². The van der Waals surface area contributed by atoms with Crippen molar-refractivity contribution in [2.75, 3.05) is 17.6 Å². The van der Waals surface area contributed by atoms with E-state index in [2.05, 4.69) is 4.72 Å². The maximum Gasteiger partial charge on any atom is 0.498 e. The van der Waals surface area contributed by atoms with Crippen LogP contribution in [0.5, 0.6) is 5.75 Å². The Kier molecular flexibility index (Phi) is 4.72. The Bertz CT molecular complexity index is 671. The monoisotopic (exact) mass is 341 g/mol. The number of benzene rings is 1. The van der Waals surface area contributed by atoms with Crippen molar-refractivity contribution in [3.8, 4) is 5.75 Å². The molecule has 0 amide bonds. The lowest BCUT2D eigenvalue weighted by Gasteiger charge is -2.32. The van der Waals surface area contributed by atoms with Gasteiger partial charge in [0.05, 0.1) is 29.8 Å². The SMILES string of the molecule is CCS(=O)(=O)Nc1ccc(B2OC(C)(C)C(C)(C)O2)c(OC)c1. The van der Waals surface area contributed by atoms with Gasteiger partial charge in [0, 0.05) is 11.5 Å². The molecule has 1 aromatic rings. The second-order valence-corrected chi connectivity index (χ2v) is 8.56. The van der Waals surface area contributed by atoms with Crippen LogP contribution >= 0.6 is 0 Å². The maximum absolute atomic E-state index is 11.7. The van der Waals surface area contributed by atoms with E-state index >= 15 is 0 Å². The maximum atomic E-state index is 11.7. The van der Waals surface area contributed by atoms with Crippen LogP contribution in [-0.4, -0.2) is 39.6 Å². The molecule has 0 radical (unpaired) electrons. The fourth-order valence-corrected chi connectivity index (χ4v) is 2.82. The van der Waals surface area contributed by atoms with Gasteiger partial charge in [-0.25, -0.2) is 8.42 Å². The van der Waals surface area contributed by atoms with Crippen LogP contribution < -0.4 is 14.9 Å². The number of nitrogens with one attached hydrogen (secondary N) is 1. The molecule has 1 fully saturated rings. The minimum atomic E-state index is -3.33. The normalized spacial score (nSPS) is 19.7. The van der Waals surface area contributed by atoms with E-state index in [0.717, 1.165) is 5.46 Å². The Morgan fingerprint density at radius 1 is 1.17 bits per heavy atom. The zero-order valence-electron chi connectivity index (χ0n) is 14.5. The molecular weight excluding hydrogens is 317 g/mol. The smallest absolute Gasteiger partial charge is 0.497 e. The number of hydrogen-bond acceptors (Lipinski definition) is 5. The third kappa shape index (κ3) is 3.64. The fourth-order valence-electron chi connectivity index (χ4n) is 2.19. The molecule has 2 rings (SSSR count). The van der Waals surface area contributed by atoms with E-state index in [0.29, 0.717) is 11.4 Å². The minimum Gasteiger partial charge on any atom is -0.497 e. The van der Waals surface area contributed by atoms with Crippen molar-refractivity contribution in [2.45, 2.75) is 45.8 Å². The minimum absolute atomic E-state index is 0.00823. The Labute approximate surface area is 138 Å². The average Bonchev–Trinajstić information content (AvgIpc) is 2.66. The molecule has 128 valence electrons. The Hall–Kier alpha value is -1.25. The van der Waals surface area contributed by atoms with E-state index in [1.54, 1.807) is 25.1 Å². The first-order chi connectivity index (χ1) is 10.5. The van der Waals surface area contributed by atoms with Gasteiger partial charge in [-0.15, -0.1) is 0 Å². The van der Waals surface area contributed by atoms with Gasteiger partial charge in [-0.3, -0.25) is 4.72 Å². The molecule has 0 bridgehead atoms. The number of sulfonamides is 1. The molecule has 0 aromatic heterocycles. The summed E-state index contributed by atoms with van der Waals surface area (Å²) in [6.45, 7) is 9.48. The summed E-state index contributed by atoms with van der Waals surface area (Å²) in [6, 6.07) is 5.07. The zero-order valence-corrected chi connectivity index (χ0v) is 15.3. The van der Waals surface area contributed by atoms with Crippen LogP contribution in [0, 0.1) is 0 Å². The fraction of sp³-hybridized carbons (Fsp3) is 0.600. The van der Waals surface area contributed by atoms with E-state index in [1.807, 2.05) is 27.7 Å². The first kappa shape index (κ1) is 18.1. The molecule has 1 heterocycles. The standard InChI is InChI=1S/C15H24BNO5S/c1-7-23(18,19)17-11-8-9-12(13(10-11)20-6)16-21-14(2,3)15(4,5)22-16/h8-10,17H,7H2,1-6H3. The van der Waals surface area contributed by atoms with E-state index in [9.17, 15) is 8.42 Å². The van der Waals surface area contributed by atoms with Crippen molar-refractivity contribution < 1.29 is 22.5 Å². The lowest BCUT2D eigenvalue weighted by Crippen LogP contribution is -2.41. The van der Waals surface area contributed by atoms with Crippen LogP contribution in [0.2, 0.25) is 0 Å². The Morgan fingerprint density at radius 2 is 1.74 bits per heavy atom. The van der Waals surface area contributed by atoms with Crippen LogP contribution in [-0.2, 0) is 19.3 Å². The van der Waals surface area contributed by atoms with Gasteiger partial charge in [-0.1, -0.05) is 6.07 Å². The molecule has 1 aliphatic rings. The van der Waals surface area contributed by atoms with Crippen molar-refractivity contribution >= 4 is 28.3 Å². The summed E-state index contributed by atoms with van der Waals surface area (Å²) in [6.07, 6.45) is 0. The highest BCUT2D eigenvalue weighted by atomic mass is 32.2. The predicted octanol–water partition coefficient (Wildman–Crippen LogP) is 1.76. The van der Waals surface area contributed by atoms with Crippen molar-refractivity contribution in [3.63, 3.8) is 0 Å². The number of ether oxygens (including phenoxy) is 1. The van der Waals surface area contributed by atoms with Gasteiger partial charge in [0.15, 0.2) is 0 Å². The Morgan fingerprint density at radius 3 is 2.22 bits per heavy atom. The summed E-state index contributed by atoms with van der Waals surface area (Å²) in [5, 5.41) is 0. The van der Waals surface area contributed by atoms with E-state index in [4.69, 9.17) is 14.0 Å². The van der Waals surface area contributed by atoms with Crippen LogP contribution in [0.25, 0.3) is 0 Å². The summed E-state index contributed by atoms with van der Waals surface area (Å²) in [5.41, 5.74) is 0.269. The van der Waals surface area contributed by atoms with Gasteiger partial charge in [-0.05, 0) is 40.7 Å². The average molecular weight is 341 g/mol. The van der Waals surface area contributed by atoms with Gasteiger partial charge in [0.1, 0.15) is 5.75 Å². The molecule has 0 spiro atoms. The molecule has 6 nitrogen and oxygen atoms in total. The van der Waals surface area contributed by atoms with Crippen LogP contribution in [0.3, 0.4) is 0 Å². The van der Waals surface area contributed by atoms with Gasteiger partial charge in [0.25, 0.3) is 0 Å². The van der Waals surface area contributed by atoms with Crippen LogP contribution in [0.4, 0.5) is 5.69 Å². The highest BCUT2D eigenvalue weighted by molar-refractivity contribution is 7.92. The summed E-state index contributed by atoms with van der Waals surface area (Å²) in [5.74, 6) is 0.522. The third-order valence-corrected chi connectivity index (χ3v) is 5.70. The highest BCUT2D eigenvalue weighted by Crippen LogP contribution is 2.37. The first-order valence-corrected chi connectivity index (χ1v) is 9.20. The molecule has 1 aliphatic heterocycles. The lowest BCUT2D eigenvalue weighted by molar-refractivity contribution is 0.00578. The van der Waals surface area contributed by atoms with Gasteiger partial charge >= 0.3 is 7.12 Å². The summed E-state index contributed by atoms with van der Waals surface area (Å²) in [4.78, 5) is 0. The highest BCUT2D eigenvalue weighted by Gasteiger charge is 2.52. The Balaban J connectivity index is 2.32. The van der Waals surface area contributed by atoms with Crippen molar-refractivity contribution in [1.82, 2.24) is 0 Å². The van der Waals surface area contributed by atoms with Crippen molar-refractivity contribution in [1.29, 1.82) is 0 Å². The van der Waals surface area contributed by atoms with E-state index < -0.39 is 28.3 Å². The molecule has 1 aromatic carbocycles. The van der Waals surface area contributed by atoms with Crippen LogP contribution in [0.1, 0.15) is 34.6 Å². The molecular formula is C15H24BNO5S. The molecule has 0 aliphatic carbocycles. The first-order valence-electron chi connectivity index (χ1n) is 7.55. The van der Waals surface area contributed by atoms with Crippen molar-refractivity contribution in [3.05, 3.63) is 18.2 Å². The molecule has 0 saturated carbocycles. The molecule has 8 heteroatoms. The molecule has 23 heavy (non-hydrogen) atoms. The number of rotatable bonds is 5. The second kappa shape index (κ2) is 6.00. The topological polar surface area (TPSA) is 73.9 Å². The van der Waals surface area contributed by atoms with E-state index in [-0.39, 0.29) is 5.75 Å². The van der Waals surface area contributed by atoms with Gasteiger partial charge < -0.3 is 14.0 Å². The third-order valence-electron chi connectivity index (χ3n) is 4.39. The molecule has 1 N–H and O–H groups in total. The quantitative estimate of drug-likeness (QED) is 0.826. The zero-order chi connectivity index (χ0) is 17.5. The molecule has 1 saturated heterocycles. The van der Waals surface area contributed by atoms with E-state index in [1.165, 1.54) is 7.11 Å². The number of anilines is 1. The van der Waals surface area contributed by atoms with Crippen molar-refractivity contribution in [2.24, 2.45) is 0 Å². The van der Waals surface area contributed by atoms with Crippen LogP contribution in [0.15, 0.2) is 18.2 Å². The summed E-state index contributed by atoms with van der Waals surface area (Å²) < 4.78 is 43.3. The number of hydrogen-bond donors (Lipinski definition) is 1.